The number of rotatable bonds is 6. The van der Waals surface area contributed by atoms with Crippen molar-refractivity contribution in [3.8, 4) is 0 Å². The second-order valence-corrected chi connectivity index (χ2v) is 6.58. The summed E-state index contributed by atoms with van der Waals surface area (Å²) in [7, 11) is 0. The van der Waals surface area contributed by atoms with Crippen molar-refractivity contribution >= 4 is 0 Å². The van der Waals surface area contributed by atoms with E-state index in [0.29, 0.717) is 5.92 Å². The van der Waals surface area contributed by atoms with Gasteiger partial charge in [0.1, 0.15) is 12.2 Å². The molecule has 0 bridgehead atoms. The molecule has 0 spiro atoms. The first-order chi connectivity index (χ1) is 8.31. The lowest BCUT2D eigenvalue weighted by Gasteiger charge is -2.25. The summed E-state index contributed by atoms with van der Waals surface area (Å²) in [5, 5.41) is 4.28. The maximum absolute atomic E-state index is 5.64. The first-order valence-electron chi connectivity index (χ1n) is 6.64. The largest absolute Gasteiger partial charge is 0.271 e. The van der Waals surface area contributed by atoms with Gasteiger partial charge in [0.2, 0.25) is 0 Å². The zero-order valence-electron chi connectivity index (χ0n) is 12.3. The van der Waals surface area contributed by atoms with Crippen LogP contribution in [-0.2, 0) is 13.0 Å². The van der Waals surface area contributed by atoms with Crippen molar-refractivity contribution in [2.75, 3.05) is 0 Å². The lowest BCUT2D eigenvalue weighted by atomic mass is 9.87. The third-order valence-electron chi connectivity index (χ3n) is 2.76. The zero-order valence-corrected chi connectivity index (χ0v) is 12.3. The van der Waals surface area contributed by atoms with Crippen LogP contribution in [0.2, 0.25) is 0 Å². The molecule has 1 unspecified atom stereocenters. The maximum atomic E-state index is 5.64. The third-order valence-corrected chi connectivity index (χ3v) is 2.76. The molecule has 0 aliphatic heterocycles. The van der Waals surface area contributed by atoms with Gasteiger partial charge in [0.15, 0.2) is 0 Å². The predicted octanol–water partition coefficient (Wildman–Crippen LogP) is 1.74. The molecule has 1 aromatic heterocycles. The number of nitrogens with two attached hydrogens (primary N) is 1. The molecule has 1 heterocycles. The fourth-order valence-corrected chi connectivity index (χ4v) is 2.09. The Morgan fingerprint density at radius 1 is 1.39 bits per heavy atom. The molecule has 0 aliphatic rings. The Morgan fingerprint density at radius 2 is 2.06 bits per heavy atom. The van der Waals surface area contributed by atoms with Crippen LogP contribution >= 0.6 is 0 Å². The van der Waals surface area contributed by atoms with Crippen LogP contribution in [-0.4, -0.2) is 20.8 Å². The van der Waals surface area contributed by atoms with E-state index in [1.54, 1.807) is 6.33 Å². The Kier molecular flexibility index (Phi) is 5.28. The van der Waals surface area contributed by atoms with Crippen molar-refractivity contribution in [2.45, 2.75) is 60.0 Å². The number of hydrogen-bond donors (Lipinski definition) is 2. The minimum Gasteiger partial charge on any atom is -0.271 e. The summed E-state index contributed by atoms with van der Waals surface area (Å²) >= 11 is 0. The van der Waals surface area contributed by atoms with Crippen LogP contribution in [0.4, 0.5) is 0 Å². The summed E-state index contributed by atoms with van der Waals surface area (Å²) in [6.45, 7) is 11.9. The summed E-state index contributed by atoms with van der Waals surface area (Å²) < 4.78 is 1.98. The predicted molar refractivity (Wildman–Crippen MR) is 73.7 cm³/mol. The number of nitrogens with zero attached hydrogens (tertiary/aromatic N) is 3. The molecule has 1 rings (SSSR count). The highest BCUT2D eigenvalue weighted by atomic mass is 15.3. The summed E-state index contributed by atoms with van der Waals surface area (Å²) in [5.74, 6) is 7.22. The molecule has 3 N–H and O–H groups in total. The van der Waals surface area contributed by atoms with Gasteiger partial charge in [-0.3, -0.25) is 11.3 Å². The molecule has 0 aliphatic carbocycles. The van der Waals surface area contributed by atoms with Gasteiger partial charge in [0.05, 0.1) is 0 Å². The van der Waals surface area contributed by atoms with E-state index in [1.165, 1.54) is 0 Å². The van der Waals surface area contributed by atoms with Crippen molar-refractivity contribution in [1.82, 2.24) is 20.2 Å². The Morgan fingerprint density at radius 3 is 2.56 bits per heavy atom. The second-order valence-electron chi connectivity index (χ2n) is 6.58. The van der Waals surface area contributed by atoms with Crippen molar-refractivity contribution < 1.29 is 0 Å². The van der Waals surface area contributed by atoms with E-state index < -0.39 is 0 Å². The fraction of sp³-hybridized carbons (Fsp3) is 0.846. The third kappa shape index (κ3) is 5.14. The van der Waals surface area contributed by atoms with E-state index in [1.807, 2.05) is 4.68 Å². The van der Waals surface area contributed by atoms with E-state index >= 15 is 0 Å². The van der Waals surface area contributed by atoms with E-state index in [-0.39, 0.29) is 11.5 Å². The Labute approximate surface area is 110 Å². The lowest BCUT2D eigenvalue weighted by molar-refractivity contribution is 0.302. The van der Waals surface area contributed by atoms with Crippen LogP contribution in [0, 0.1) is 11.3 Å². The van der Waals surface area contributed by atoms with Gasteiger partial charge in [0.25, 0.3) is 0 Å². The van der Waals surface area contributed by atoms with Crippen molar-refractivity contribution in [1.29, 1.82) is 0 Å². The molecule has 0 fully saturated rings. The Bertz CT molecular complexity index is 351. The number of nitrogens with one attached hydrogen (secondary N) is 1. The fourth-order valence-electron chi connectivity index (χ4n) is 2.09. The van der Waals surface area contributed by atoms with Gasteiger partial charge in [0, 0.05) is 19.0 Å². The average molecular weight is 253 g/mol. The van der Waals surface area contributed by atoms with E-state index in [0.717, 1.165) is 25.2 Å². The SMILES string of the molecule is CC(C)Cn1ncnc1CC(CC(C)(C)C)NN. The lowest BCUT2D eigenvalue weighted by Crippen LogP contribution is -2.40. The molecule has 104 valence electrons. The average Bonchev–Trinajstić information content (AvgIpc) is 2.61. The standard InChI is InChI=1S/C13H27N5/c1-10(2)8-18-12(15-9-16-18)6-11(17-14)7-13(3,4)5/h9-11,17H,6-8,14H2,1-5H3. The van der Waals surface area contributed by atoms with Crippen molar-refractivity contribution in [3.05, 3.63) is 12.2 Å². The quantitative estimate of drug-likeness (QED) is 0.598. The van der Waals surface area contributed by atoms with Crippen LogP contribution in [0.5, 0.6) is 0 Å². The van der Waals surface area contributed by atoms with Crippen LogP contribution in [0.25, 0.3) is 0 Å². The number of aromatic nitrogens is 3. The van der Waals surface area contributed by atoms with Gasteiger partial charge in [-0.1, -0.05) is 34.6 Å². The van der Waals surface area contributed by atoms with E-state index in [2.05, 4.69) is 50.1 Å². The van der Waals surface area contributed by atoms with Gasteiger partial charge < -0.3 is 0 Å². The topological polar surface area (TPSA) is 68.8 Å². The van der Waals surface area contributed by atoms with Crippen molar-refractivity contribution in [2.24, 2.45) is 17.2 Å². The summed E-state index contributed by atoms with van der Waals surface area (Å²) in [4.78, 5) is 4.34. The highest BCUT2D eigenvalue weighted by Gasteiger charge is 2.20. The molecule has 0 saturated heterocycles. The van der Waals surface area contributed by atoms with Crippen molar-refractivity contribution in [3.63, 3.8) is 0 Å². The van der Waals surface area contributed by atoms with Gasteiger partial charge in [-0.25, -0.2) is 9.67 Å². The number of hydrazine groups is 1. The van der Waals surface area contributed by atoms with Gasteiger partial charge in [-0.05, 0) is 17.8 Å². The molecule has 1 aromatic rings. The molecule has 1 atom stereocenters. The number of hydrogen-bond acceptors (Lipinski definition) is 4. The smallest absolute Gasteiger partial charge is 0.138 e. The first kappa shape index (κ1) is 15.1. The molecule has 5 nitrogen and oxygen atoms in total. The zero-order chi connectivity index (χ0) is 13.8. The first-order valence-corrected chi connectivity index (χ1v) is 6.64. The van der Waals surface area contributed by atoms with Crippen LogP contribution in [0.1, 0.15) is 46.9 Å². The monoisotopic (exact) mass is 253 g/mol. The minimum atomic E-state index is 0.236. The second kappa shape index (κ2) is 6.29. The molecule has 0 saturated carbocycles. The highest BCUT2D eigenvalue weighted by Crippen LogP contribution is 2.22. The molecule has 18 heavy (non-hydrogen) atoms. The molecular formula is C13H27N5. The highest BCUT2D eigenvalue weighted by molar-refractivity contribution is 4.91. The minimum absolute atomic E-state index is 0.236. The Hall–Kier alpha value is -0.940. The molecular weight excluding hydrogens is 226 g/mol. The Balaban J connectivity index is 2.67. The summed E-state index contributed by atoms with van der Waals surface area (Å²) in [5.41, 5.74) is 3.15. The van der Waals surface area contributed by atoms with Gasteiger partial charge >= 0.3 is 0 Å². The summed E-state index contributed by atoms with van der Waals surface area (Å²) in [6, 6.07) is 0.236. The molecule has 0 radical (unpaired) electrons. The van der Waals surface area contributed by atoms with Crippen LogP contribution < -0.4 is 11.3 Å². The maximum Gasteiger partial charge on any atom is 0.138 e. The molecule has 0 amide bonds. The van der Waals surface area contributed by atoms with Gasteiger partial charge in [-0.15, -0.1) is 0 Å². The molecule has 0 aromatic carbocycles. The van der Waals surface area contributed by atoms with E-state index in [9.17, 15) is 0 Å². The molecule has 5 heteroatoms. The summed E-state index contributed by atoms with van der Waals surface area (Å²) in [6.07, 6.45) is 3.46. The van der Waals surface area contributed by atoms with Crippen LogP contribution in [0.15, 0.2) is 6.33 Å². The van der Waals surface area contributed by atoms with E-state index in [4.69, 9.17) is 5.84 Å². The van der Waals surface area contributed by atoms with Gasteiger partial charge in [-0.2, -0.15) is 5.10 Å². The van der Waals surface area contributed by atoms with Crippen LogP contribution in [0.3, 0.4) is 0 Å². The normalized spacial score (nSPS) is 14.2.